The van der Waals surface area contributed by atoms with Gasteiger partial charge in [0.25, 0.3) is 0 Å². The molecular weight excluding hydrogens is 328 g/mol. The minimum atomic E-state index is 0.428. The SMILES string of the molecule is CCc1cc(NC2CCN(c3cc(OC)cc(OC)c3)CC2)nc(C)n1. The number of hydrogen-bond donors (Lipinski definition) is 1. The predicted octanol–water partition coefficient (Wildman–Crippen LogP) is 3.45. The molecule has 1 fully saturated rings. The van der Waals surface area contributed by atoms with Gasteiger partial charge in [0.1, 0.15) is 23.1 Å². The molecule has 1 aromatic heterocycles. The van der Waals surface area contributed by atoms with Gasteiger partial charge in [-0.1, -0.05) is 6.92 Å². The van der Waals surface area contributed by atoms with Crippen molar-refractivity contribution >= 4 is 11.5 Å². The number of hydrogen-bond acceptors (Lipinski definition) is 6. The van der Waals surface area contributed by atoms with E-state index in [9.17, 15) is 0 Å². The molecule has 1 N–H and O–H groups in total. The van der Waals surface area contributed by atoms with Gasteiger partial charge < -0.3 is 19.7 Å². The van der Waals surface area contributed by atoms with E-state index in [1.54, 1.807) is 14.2 Å². The molecule has 1 aliphatic heterocycles. The molecule has 0 spiro atoms. The zero-order valence-electron chi connectivity index (χ0n) is 16.1. The highest BCUT2D eigenvalue weighted by Gasteiger charge is 2.21. The minimum Gasteiger partial charge on any atom is -0.497 e. The molecule has 2 heterocycles. The maximum absolute atomic E-state index is 5.39. The Labute approximate surface area is 155 Å². The summed E-state index contributed by atoms with van der Waals surface area (Å²) in [6, 6.07) is 8.53. The Bertz CT molecular complexity index is 720. The highest BCUT2D eigenvalue weighted by atomic mass is 16.5. The van der Waals surface area contributed by atoms with Crippen molar-refractivity contribution in [3.8, 4) is 11.5 Å². The van der Waals surface area contributed by atoms with E-state index in [1.165, 1.54) is 0 Å². The number of nitrogens with one attached hydrogen (secondary N) is 1. The molecule has 0 saturated carbocycles. The number of nitrogens with zero attached hydrogens (tertiary/aromatic N) is 3. The molecule has 26 heavy (non-hydrogen) atoms. The van der Waals surface area contributed by atoms with Gasteiger partial charge >= 0.3 is 0 Å². The van der Waals surface area contributed by atoms with Crippen molar-refractivity contribution in [1.29, 1.82) is 0 Å². The van der Waals surface area contributed by atoms with Gasteiger partial charge in [0, 0.05) is 54.8 Å². The number of benzene rings is 1. The second-order valence-electron chi connectivity index (χ2n) is 6.62. The van der Waals surface area contributed by atoms with Gasteiger partial charge in [-0.2, -0.15) is 0 Å². The van der Waals surface area contributed by atoms with E-state index >= 15 is 0 Å². The number of aryl methyl sites for hydroxylation is 2. The van der Waals surface area contributed by atoms with Crippen LogP contribution in [0.2, 0.25) is 0 Å². The normalized spacial score (nSPS) is 15.0. The van der Waals surface area contributed by atoms with Crippen LogP contribution in [0, 0.1) is 6.92 Å². The molecule has 0 amide bonds. The molecule has 1 aliphatic rings. The summed E-state index contributed by atoms with van der Waals surface area (Å²) in [4.78, 5) is 11.4. The minimum absolute atomic E-state index is 0.428. The summed E-state index contributed by atoms with van der Waals surface area (Å²) >= 11 is 0. The zero-order valence-corrected chi connectivity index (χ0v) is 16.1. The van der Waals surface area contributed by atoms with Crippen molar-refractivity contribution in [2.75, 3.05) is 37.5 Å². The van der Waals surface area contributed by atoms with Gasteiger partial charge in [-0.3, -0.25) is 0 Å². The van der Waals surface area contributed by atoms with Gasteiger partial charge in [0.15, 0.2) is 0 Å². The maximum atomic E-state index is 5.39. The zero-order chi connectivity index (χ0) is 18.5. The molecule has 0 aliphatic carbocycles. The standard InChI is InChI=1S/C20H28N4O2/c1-5-15-10-20(22-14(2)21-15)23-16-6-8-24(9-7-16)17-11-18(25-3)13-19(12-17)26-4/h10-13,16H,5-9H2,1-4H3,(H,21,22,23). The number of piperidine rings is 1. The van der Waals surface area contributed by atoms with Gasteiger partial charge in [-0.05, 0) is 26.2 Å². The van der Waals surface area contributed by atoms with Crippen LogP contribution in [0.3, 0.4) is 0 Å². The molecule has 2 aromatic rings. The van der Waals surface area contributed by atoms with Crippen molar-refractivity contribution in [3.63, 3.8) is 0 Å². The van der Waals surface area contributed by atoms with E-state index in [-0.39, 0.29) is 0 Å². The topological polar surface area (TPSA) is 59.5 Å². The van der Waals surface area contributed by atoms with Crippen LogP contribution in [0.15, 0.2) is 24.3 Å². The van der Waals surface area contributed by atoms with Crippen LogP contribution in [0.4, 0.5) is 11.5 Å². The third kappa shape index (κ3) is 4.36. The molecule has 0 atom stereocenters. The number of aromatic nitrogens is 2. The van der Waals surface area contributed by atoms with Gasteiger partial charge in [-0.25, -0.2) is 9.97 Å². The number of anilines is 2. The summed E-state index contributed by atoms with van der Waals surface area (Å²) in [6.07, 6.45) is 3.04. The molecule has 0 bridgehead atoms. The van der Waals surface area contributed by atoms with Crippen LogP contribution in [0.25, 0.3) is 0 Å². The fourth-order valence-electron chi connectivity index (χ4n) is 3.35. The summed E-state index contributed by atoms with van der Waals surface area (Å²) in [5.41, 5.74) is 2.23. The Morgan fingerprint density at radius 1 is 1.04 bits per heavy atom. The molecule has 140 valence electrons. The van der Waals surface area contributed by atoms with Gasteiger partial charge in [-0.15, -0.1) is 0 Å². The van der Waals surface area contributed by atoms with Crippen molar-refractivity contribution in [2.24, 2.45) is 0 Å². The molecule has 3 rings (SSSR count). The highest BCUT2D eigenvalue weighted by molar-refractivity contribution is 5.56. The lowest BCUT2D eigenvalue weighted by Crippen LogP contribution is -2.39. The largest absolute Gasteiger partial charge is 0.497 e. The van der Waals surface area contributed by atoms with Gasteiger partial charge in [0.2, 0.25) is 0 Å². The molecule has 0 unspecified atom stereocenters. The second-order valence-corrected chi connectivity index (χ2v) is 6.62. The second kappa shape index (κ2) is 8.25. The Hall–Kier alpha value is -2.50. The lowest BCUT2D eigenvalue weighted by molar-refractivity contribution is 0.394. The highest BCUT2D eigenvalue weighted by Crippen LogP contribution is 2.30. The Morgan fingerprint density at radius 3 is 2.27 bits per heavy atom. The first kappa shape index (κ1) is 18.3. The predicted molar refractivity (Wildman–Crippen MR) is 105 cm³/mol. The number of ether oxygens (including phenoxy) is 2. The first-order chi connectivity index (χ1) is 12.6. The molecule has 1 saturated heterocycles. The number of methoxy groups -OCH3 is 2. The summed E-state index contributed by atoms with van der Waals surface area (Å²) in [5, 5.41) is 3.59. The quantitative estimate of drug-likeness (QED) is 0.855. The Kier molecular flexibility index (Phi) is 5.81. The lowest BCUT2D eigenvalue weighted by Gasteiger charge is -2.34. The van der Waals surface area contributed by atoms with Crippen LogP contribution >= 0.6 is 0 Å². The van der Waals surface area contributed by atoms with Crippen LogP contribution in [-0.2, 0) is 6.42 Å². The van der Waals surface area contributed by atoms with E-state index in [0.717, 1.165) is 66.9 Å². The van der Waals surface area contributed by atoms with E-state index in [1.807, 2.05) is 13.0 Å². The van der Waals surface area contributed by atoms with Crippen molar-refractivity contribution in [1.82, 2.24) is 9.97 Å². The van der Waals surface area contributed by atoms with Gasteiger partial charge in [0.05, 0.1) is 14.2 Å². The monoisotopic (exact) mass is 356 g/mol. The Balaban J connectivity index is 1.63. The summed E-state index contributed by atoms with van der Waals surface area (Å²) < 4.78 is 10.8. The van der Waals surface area contributed by atoms with Crippen LogP contribution < -0.4 is 19.7 Å². The lowest BCUT2D eigenvalue weighted by atomic mass is 10.0. The molecular formula is C20H28N4O2. The fraction of sp³-hybridized carbons (Fsp3) is 0.500. The smallest absolute Gasteiger partial charge is 0.130 e. The first-order valence-corrected chi connectivity index (χ1v) is 9.20. The van der Waals surface area contributed by atoms with Crippen molar-refractivity contribution in [3.05, 3.63) is 35.8 Å². The summed E-state index contributed by atoms with van der Waals surface area (Å²) in [6.45, 7) is 6.03. The molecule has 0 radical (unpaired) electrons. The third-order valence-electron chi connectivity index (χ3n) is 4.80. The molecule has 1 aromatic carbocycles. The summed E-state index contributed by atoms with van der Waals surface area (Å²) in [5.74, 6) is 3.41. The first-order valence-electron chi connectivity index (χ1n) is 9.20. The Morgan fingerprint density at radius 2 is 1.69 bits per heavy atom. The molecule has 6 nitrogen and oxygen atoms in total. The number of rotatable bonds is 6. The van der Waals surface area contributed by atoms with E-state index in [2.05, 4.69) is 45.3 Å². The van der Waals surface area contributed by atoms with E-state index in [4.69, 9.17) is 9.47 Å². The van der Waals surface area contributed by atoms with Crippen LogP contribution in [0.5, 0.6) is 11.5 Å². The summed E-state index contributed by atoms with van der Waals surface area (Å²) in [7, 11) is 3.37. The molecule has 6 heteroatoms. The average Bonchev–Trinajstić information content (AvgIpc) is 2.67. The third-order valence-corrected chi connectivity index (χ3v) is 4.80. The fourth-order valence-corrected chi connectivity index (χ4v) is 3.35. The van der Waals surface area contributed by atoms with E-state index < -0.39 is 0 Å². The van der Waals surface area contributed by atoms with Crippen molar-refractivity contribution in [2.45, 2.75) is 39.2 Å². The van der Waals surface area contributed by atoms with Crippen LogP contribution in [-0.4, -0.2) is 43.3 Å². The maximum Gasteiger partial charge on any atom is 0.130 e. The van der Waals surface area contributed by atoms with E-state index in [0.29, 0.717) is 6.04 Å². The average molecular weight is 356 g/mol. The van der Waals surface area contributed by atoms with Crippen molar-refractivity contribution < 1.29 is 9.47 Å². The van der Waals surface area contributed by atoms with Crippen LogP contribution in [0.1, 0.15) is 31.3 Å².